The molecule has 0 heterocycles. The Morgan fingerprint density at radius 2 is 1.95 bits per heavy atom. The van der Waals surface area contributed by atoms with Crippen molar-refractivity contribution in [2.24, 2.45) is 5.92 Å². The second-order valence-corrected chi connectivity index (χ2v) is 7.96. The van der Waals surface area contributed by atoms with Crippen molar-refractivity contribution in [3.05, 3.63) is 27.7 Å². The Bertz CT molecular complexity index is 542. The van der Waals surface area contributed by atoms with Crippen molar-refractivity contribution >= 4 is 43.2 Å². The number of hydrogen-bond acceptors (Lipinski definition) is 2. The Morgan fingerprint density at radius 1 is 1.26 bits per heavy atom. The molecule has 0 aromatic heterocycles. The van der Waals surface area contributed by atoms with Crippen LogP contribution in [0.3, 0.4) is 0 Å². The maximum absolute atomic E-state index is 12.2. The molecular formula is C13H17BrClNO2S. The largest absolute Gasteiger partial charge is 0.282 e. The molecule has 0 atom stereocenters. The Labute approximate surface area is 127 Å². The molecule has 19 heavy (non-hydrogen) atoms. The van der Waals surface area contributed by atoms with E-state index in [-0.39, 0.29) is 11.7 Å². The van der Waals surface area contributed by atoms with E-state index in [0.29, 0.717) is 15.2 Å². The van der Waals surface area contributed by atoms with Gasteiger partial charge in [-0.3, -0.25) is 4.72 Å². The van der Waals surface area contributed by atoms with Crippen molar-refractivity contribution in [1.82, 2.24) is 0 Å². The minimum Gasteiger partial charge on any atom is -0.282 e. The van der Waals surface area contributed by atoms with Crippen LogP contribution < -0.4 is 4.72 Å². The van der Waals surface area contributed by atoms with Crippen LogP contribution in [0.4, 0.5) is 5.69 Å². The highest BCUT2D eigenvalue weighted by Gasteiger charge is 2.22. The van der Waals surface area contributed by atoms with Gasteiger partial charge in [0.1, 0.15) is 0 Å². The molecule has 6 heteroatoms. The average Bonchev–Trinajstić information content (AvgIpc) is 2.35. The normalized spacial score (nSPS) is 17.4. The summed E-state index contributed by atoms with van der Waals surface area (Å²) in [5.41, 5.74) is 0.503. The van der Waals surface area contributed by atoms with Gasteiger partial charge in [-0.25, -0.2) is 8.42 Å². The summed E-state index contributed by atoms with van der Waals surface area (Å²) < 4.78 is 27.5. The van der Waals surface area contributed by atoms with Crippen molar-refractivity contribution in [3.8, 4) is 0 Å². The van der Waals surface area contributed by atoms with Crippen LogP contribution in [0.1, 0.15) is 32.1 Å². The first kappa shape index (κ1) is 15.1. The summed E-state index contributed by atoms with van der Waals surface area (Å²) >= 11 is 9.25. The van der Waals surface area contributed by atoms with Crippen molar-refractivity contribution in [3.63, 3.8) is 0 Å². The van der Waals surface area contributed by atoms with Gasteiger partial charge in [0.2, 0.25) is 10.0 Å². The molecule has 0 radical (unpaired) electrons. The zero-order chi connectivity index (χ0) is 13.9. The van der Waals surface area contributed by atoms with Crippen LogP contribution in [0, 0.1) is 5.92 Å². The summed E-state index contributed by atoms with van der Waals surface area (Å²) in [7, 11) is -3.31. The van der Waals surface area contributed by atoms with Crippen LogP contribution in [-0.2, 0) is 10.0 Å². The summed E-state index contributed by atoms with van der Waals surface area (Å²) in [4.78, 5) is 0. The molecule has 0 spiro atoms. The predicted octanol–water partition coefficient (Wildman–Crippen LogP) is 4.42. The summed E-state index contributed by atoms with van der Waals surface area (Å²) in [5, 5.41) is 0.498. The standard InChI is InChI=1S/C13H17BrClNO2S/c14-13-11(15)7-4-8-12(13)16-19(17,18)9-10-5-2-1-3-6-10/h4,7-8,10,16H,1-3,5-6,9H2. The van der Waals surface area contributed by atoms with Gasteiger partial charge in [-0.15, -0.1) is 0 Å². The Balaban J connectivity index is 2.06. The highest BCUT2D eigenvalue weighted by atomic mass is 79.9. The van der Waals surface area contributed by atoms with Crippen LogP contribution in [0.15, 0.2) is 22.7 Å². The average molecular weight is 367 g/mol. The van der Waals surface area contributed by atoms with Crippen molar-refractivity contribution in [2.75, 3.05) is 10.5 Å². The first-order chi connectivity index (χ1) is 8.98. The second kappa shape index (κ2) is 6.46. The molecule has 3 nitrogen and oxygen atoms in total. The third kappa shape index (κ3) is 4.36. The molecule has 0 bridgehead atoms. The van der Waals surface area contributed by atoms with Crippen LogP contribution in [0.25, 0.3) is 0 Å². The zero-order valence-corrected chi connectivity index (χ0v) is 13.7. The molecule has 1 fully saturated rings. The number of benzene rings is 1. The molecule has 1 aromatic rings. The lowest BCUT2D eigenvalue weighted by atomic mass is 9.91. The number of sulfonamides is 1. The molecule has 1 N–H and O–H groups in total. The molecule has 0 amide bonds. The Hall–Kier alpha value is -0.260. The van der Waals surface area contributed by atoms with E-state index in [1.807, 2.05) is 0 Å². The fourth-order valence-corrected chi connectivity index (χ4v) is 4.67. The molecule has 1 saturated carbocycles. The highest BCUT2D eigenvalue weighted by Crippen LogP contribution is 2.31. The molecule has 0 unspecified atom stereocenters. The van der Waals surface area contributed by atoms with E-state index in [4.69, 9.17) is 11.6 Å². The van der Waals surface area contributed by atoms with Gasteiger partial charge in [-0.05, 0) is 46.8 Å². The van der Waals surface area contributed by atoms with E-state index in [1.165, 1.54) is 6.42 Å². The van der Waals surface area contributed by atoms with E-state index in [9.17, 15) is 8.42 Å². The van der Waals surface area contributed by atoms with Crippen LogP contribution >= 0.6 is 27.5 Å². The van der Waals surface area contributed by atoms with Crippen molar-refractivity contribution in [2.45, 2.75) is 32.1 Å². The quantitative estimate of drug-likeness (QED) is 0.857. The molecule has 1 aliphatic rings. The monoisotopic (exact) mass is 365 g/mol. The van der Waals surface area contributed by atoms with Gasteiger partial charge in [-0.1, -0.05) is 36.9 Å². The summed E-state index contributed by atoms with van der Waals surface area (Å²) in [6.45, 7) is 0. The molecular weight excluding hydrogens is 350 g/mol. The van der Waals surface area contributed by atoms with Crippen LogP contribution in [0.2, 0.25) is 5.02 Å². The van der Waals surface area contributed by atoms with E-state index in [2.05, 4.69) is 20.7 Å². The van der Waals surface area contributed by atoms with E-state index in [1.54, 1.807) is 18.2 Å². The minimum atomic E-state index is -3.31. The van der Waals surface area contributed by atoms with Gasteiger partial charge >= 0.3 is 0 Å². The molecule has 106 valence electrons. The molecule has 1 aliphatic carbocycles. The lowest BCUT2D eigenvalue weighted by Gasteiger charge is -2.21. The highest BCUT2D eigenvalue weighted by molar-refractivity contribution is 9.10. The number of rotatable bonds is 4. The number of nitrogens with one attached hydrogen (secondary N) is 1. The van der Waals surface area contributed by atoms with Gasteiger partial charge in [0, 0.05) is 0 Å². The summed E-state index contributed by atoms with van der Waals surface area (Å²) in [6.07, 6.45) is 5.53. The Kier molecular flexibility index (Phi) is 5.15. The SMILES string of the molecule is O=S(=O)(CC1CCCCC1)Nc1cccc(Cl)c1Br. The molecule has 2 rings (SSSR count). The van der Waals surface area contributed by atoms with Crippen molar-refractivity contribution < 1.29 is 8.42 Å². The van der Waals surface area contributed by atoms with E-state index in [0.717, 1.165) is 25.7 Å². The maximum Gasteiger partial charge on any atom is 0.233 e. The number of hydrogen-bond donors (Lipinski definition) is 1. The van der Waals surface area contributed by atoms with Crippen LogP contribution in [0.5, 0.6) is 0 Å². The third-order valence-corrected chi connectivity index (χ3v) is 6.24. The topological polar surface area (TPSA) is 46.2 Å². The zero-order valence-electron chi connectivity index (χ0n) is 10.5. The van der Waals surface area contributed by atoms with Gasteiger partial charge in [0.05, 0.1) is 20.9 Å². The first-order valence-electron chi connectivity index (χ1n) is 6.42. The van der Waals surface area contributed by atoms with Gasteiger partial charge in [0.15, 0.2) is 0 Å². The predicted molar refractivity (Wildman–Crippen MR) is 83.1 cm³/mol. The third-order valence-electron chi connectivity index (χ3n) is 3.40. The van der Waals surface area contributed by atoms with Crippen molar-refractivity contribution in [1.29, 1.82) is 0 Å². The lowest BCUT2D eigenvalue weighted by molar-refractivity contribution is 0.385. The minimum absolute atomic E-state index is 0.200. The van der Waals surface area contributed by atoms with Gasteiger partial charge in [0.25, 0.3) is 0 Å². The lowest BCUT2D eigenvalue weighted by Crippen LogP contribution is -2.24. The number of halogens is 2. The first-order valence-corrected chi connectivity index (χ1v) is 9.25. The number of anilines is 1. The van der Waals surface area contributed by atoms with Crippen LogP contribution in [-0.4, -0.2) is 14.2 Å². The van der Waals surface area contributed by atoms with E-state index < -0.39 is 10.0 Å². The second-order valence-electron chi connectivity index (χ2n) is 4.99. The van der Waals surface area contributed by atoms with E-state index >= 15 is 0 Å². The summed E-state index contributed by atoms with van der Waals surface area (Å²) in [5.74, 6) is 0.482. The fourth-order valence-electron chi connectivity index (χ4n) is 2.46. The molecule has 1 aromatic carbocycles. The summed E-state index contributed by atoms with van der Waals surface area (Å²) in [6, 6.07) is 5.14. The maximum atomic E-state index is 12.2. The molecule has 0 saturated heterocycles. The van der Waals surface area contributed by atoms with Gasteiger partial charge in [-0.2, -0.15) is 0 Å². The molecule has 0 aliphatic heterocycles. The van der Waals surface area contributed by atoms with Gasteiger partial charge < -0.3 is 0 Å². The Morgan fingerprint density at radius 3 is 2.63 bits per heavy atom. The smallest absolute Gasteiger partial charge is 0.233 e. The fraction of sp³-hybridized carbons (Fsp3) is 0.538.